The van der Waals surface area contributed by atoms with Gasteiger partial charge >= 0.3 is 5.97 Å². The minimum atomic E-state index is -0.562. The highest BCUT2D eigenvalue weighted by atomic mass is 19.1. The fraction of sp³-hybridized carbons (Fsp3) is 0.500. The van der Waals surface area contributed by atoms with E-state index in [9.17, 15) is 18.8 Å². The average molecular weight is 420 g/mol. The molecule has 1 aromatic rings. The number of allylic oxidation sites excluding steroid dienone is 2. The normalized spacial score (nSPS) is 24.0. The molecule has 0 fully saturated rings. The van der Waals surface area contributed by atoms with Gasteiger partial charge in [-0.3, -0.25) is 14.4 Å². The maximum absolute atomic E-state index is 13.1. The van der Waals surface area contributed by atoms with Gasteiger partial charge in [-0.05, 0) is 43.9 Å². The molecule has 3 atom stereocenters. The number of benzene rings is 1. The molecule has 8 heteroatoms. The number of halogens is 1. The molecule has 0 saturated heterocycles. The fourth-order valence-corrected chi connectivity index (χ4v) is 3.19. The third-order valence-electron chi connectivity index (χ3n) is 4.84. The molecule has 0 unspecified atom stereocenters. The lowest BCUT2D eigenvalue weighted by atomic mass is 9.94. The van der Waals surface area contributed by atoms with Gasteiger partial charge in [-0.15, -0.1) is 0 Å². The third-order valence-corrected chi connectivity index (χ3v) is 4.84. The zero-order valence-electron chi connectivity index (χ0n) is 17.1. The van der Waals surface area contributed by atoms with Crippen molar-refractivity contribution in [3.05, 3.63) is 47.8 Å². The number of nitrogens with one attached hydrogen (secondary N) is 2. The van der Waals surface area contributed by atoms with Gasteiger partial charge in [0.25, 0.3) is 0 Å². The molecule has 0 aliphatic carbocycles. The maximum atomic E-state index is 13.1. The number of rotatable bonds is 6. The van der Waals surface area contributed by atoms with Crippen LogP contribution in [0.2, 0.25) is 0 Å². The predicted molar refractivity (Wildman–Crippen MR) is 109 cm³/mol. The van der Waals surface area contributed by atoms with Crippen molar-refractivity contribution in [1.29, 1.82) is 0 Å². The van der Waals surface area contributed by atoms with Crippen LogP contribution in [0.15, 0.2) is 36.4 Å². The smallest absolute Gasteiger partial charge is 0.309 e. The lowest BCUT2D eigenvalue weighted by Gasteiger charge is -2.22. The maximum Gasteiger partial charge on any atom is 0.309 e. The van der Waals surface area contributed by atoms with Gasteiger partial charge in [-0.25, -0.2) is 4.39 Å². The van der Waals surface area contributed by atoms with E-state index in [0.29, 0.717) is 19.3 Å². The first-order valence-electron chi connectivity index (χ1n) is 10.1. The molecular weight excluding hydrogens is 391 g/mol. The molecule has 30 heavy (non-hydrogen) atoms. The van der Waals surface area contributed by atoms with Gasteiger partial charge < -0.3 is 20.5 Å². The Hall–Kier alpha value is -2.74. The van der Waals surface area contributed by atoms with E-state index in [0.717, 1.165) is 5.56 Å². The van der Waals surface area contributed by atoms with Gasteiger partial charge in [0, 0.05) is 13.0 Å². The molecule has 0 saturated carbocycles. The molecule has 0 bridgehead atoms. The van der Waals surface area contributed by atoms with Crippen molar-refractivity contribution in [1.82, 2.24) is 10.6 Å². The SMILES string of the molecule is C[C@@H]1COC(=O)[C@H](Cc2ccc(F)cc2)C/C=C\C[C@@H](CC(=O)NCCO)C(=O)N1. The van der Waals surface area contributed by atoms with Gasteiger partial charge in [0.05, 0.1) is 24.5 Å². The summed E-state index contributed by atoms with van der Waals surface area (Å²) in [6.45, 7) is 1.73. The highest BCUT2D eigenvalue weighted by Crippen LogP contribution is 2.18. The van der Waals surface area contributed by atoms with Crippen molar-refractivity contribution in [2.45, 2.75) is 38.6 Å². The Morgan fingerprint density at radius 1 is 1.20 bits per heavy atom. The molecular formula is C22H29FN2O5. The standard InChI is InChI=1S/C22H29FN2O5/c1-15-14-30-22(29)18(12-16-6-8-19(23)9-7-16)5-3-2-4-17(21(28)25-15)13-20(27)24-10-11-26/h2-3,6-9,15,17-18,26H,4-5,10-14H2,1H3,(H,24,27)(H,25,28)/b3-2-/t15-,17+,18+/m1/s1. The Balaban J connectivity index is 2.08. The zero-order chi connectivity index (χ0) is 21.9. The van der Waals surface area contributed by atoms with Crippen LogP contribution in [-0.4, -0.2) is 48.7 Å². The molecule has 164 valence electrons. The van der Waals surface area contributed by atoms with E-state index in [1.54, 1.807) is 25.1 Å². The molecule has 7 nitrogen and oxygen atoms in total. The minimum Gasteiger partial charge on any atom is -0.463 e. The van der Waals surface area contributed by atoms with Gasteiger partial charge in [0.1, 0.15) is 12.4 Å². The summed E-state index contributed by atoms with van der Waals surface area (Å²) in [5.41, 5.74) is 0.832. The third kappa shape index (κ3) is 7.94. The summed E-state index contributed by atoms with van der Waals surface area (Å²) in [4.78, 5) is 37.0. The van der Waals surface area contributed by atoms with E-state index in [-0.39, 0.29) is 49.8 Å². The van der Waals surface area contributed by atoms with Crippen molar-refractivity contribution in [2.24, 2.45) is 11.8 Å². The second-order valence-corrected chi connectivity index (χ2v) is 7.48. The number of hydrogen-bond donors (Lipinski definition) is 3. The average Bonchev–Trinajstić information content (AvgIpc) is 2.72. The minimum absolute atomic E-state index is 0.00168. The number of carbonyl (C=O) groups excluding carboxylic acids is 3. The summed E-state index contributed by atoms with van der Waals surface area (Å²) in [7, 11) is 0. The number of amides is 2. The Bertz CT molecular complexity index is 750. The second kappa shape index (κ2) is 12.1. The van der Waals surface area contributed by atoms with Gasteiger partial charge in [-0.1, -0.05) is 24.3 Å². The van der Waals surface area contributed by atoms with Gasteiger partial charge in [-0.2, -0.15) is 0 Å². The Morgan fingerprint density at radius 2 is 1.87 bits per heavy atom. The summed E-state index contributed by atoms with van der Waals surface area (Å²) < 4.78 is 18.5. The summed E-state index contributed by atoms with van der Waals surface area (Å²) in [5.74, 6) is -2.29. The van der Waals surface area contributed by atoms with E-state index in [1.165, 1.54) is 12.1 Å². The Labute approximate surface area is 175 Å². The van der Waals surface area contributed by atoms with Crippen molar-refractivity contribution in [2.75, 3.05) is 19.8 Å². The lowest BCUT2D eigenvalue weighted by Crippen LogP contribution is -2.42. The van der Waals surface area contributed by atoms with Crippen LogP contribution in [-0.2, 0) is 25.5 Å². The summed E-state index contributed by atoms with van der Waals surface area (Å²) in [5, 5.41) is 14.1. The lowest BCUT2D eigenvalue weighted by molar-refractivity contribution is -0.149. The van der Waals surface area contributed by atoms with Crippen LogP contribution in [0.4, 0.5) is 4.39 Å². The van der Waals surface area contributed by atoms with Crippen LogP contribution < -0.4 is 10.6 Å². The molecule has 0 spiro atoms. The van der Waals surface area contributed by atoms with Crippen LogP contribution >= 0.6 is 0 Å². The van der Waals surface area contributed by atoms with E-state index in [4.69, 9.17) is 9.84 Å². The monoisotopic (exact) mass is 420 g/mol. The van der Waals surface area contributed by atoms with Gasteiger partial charge in [0.2, 0.25) is 11.8 Å². The van der Waals surface area contributed by atoms with E-state index < -0.39 is 17.9 Å². The molecule has 2 amide bonds. The van der Waals surface area contributed by atoms with E-state index >= 15 is 0 Å². The molecule has 0 radical (unpaired) electrons. The van der Waals surface area contributed by atoms with Crippen molar-refractivity contribution < 1.29 is 28.6 Å². The number of hydrogen-bond acceptors (Lipinski definition) is 5. The fourth-order valence-electron chi connectivity index (χ4n) is 3.19. The number of ether oxygens (including phenoxy) is 1. The first-order chi connectivity index (χ1) is 14.4. The molecule has 2 rings (SSSR count). The molecule has 0 aromatic heterocycles. The Kier molecular flexibility index (Phi) is 9.47. The van der Waals surface area contributed by atoms with Crippen LogP contribution in [0.3, 0.4) is 0 Å². The summed E-state index contributed by atoms with van der Waals surface area (Å²) in [6.07, 6.45) is 4.78. The number of aliphatic hydroxyl groups excluding tert-OH is 1. The van der Waals surface area contributed by atoms with E-state index in [2.05, 4.69) is 10.6 Å². The molecule has 1 aromatic carbocycles. The topological polar surface area (TPSA) is 105 Å². The quantitative estimate of drug-likeness (QED) is 0.478. The molecule has 1 heterocycles. The highest BCUT2D eigenvalue weighted by Gasteiger charge is 2.25. The van der Waals surface area contributed by atoms with Crippen molar-refractivity contribution in [3.8, 4) is 0 Å². The van der Waals surface area contributed by atoms with Crippen LogP contribution in [0.25, 0.3) is 0 Å². The number of aliphatic hydroxyl groups is 1. The van der Waals surface area contributed by atoms with Crippen molar-refractivity contribution >= 4 is 17.8 Å². The molecule has 3 N–H and O–H groups in total. The number of cyclic esters (lactones) is 1. The molecule has 1 aliphatic heterocycles. The first kappa shape index (κ1) is 23.5. The summed E-state index contributed by atoms with van der Waals surface area (Å²) >= 11 is 0. The van der Waals surface area contributed by atoms with Crippen LogP contribution in [0.1, 0.15) is 31.7 Å². The number of esters is 1. The summed E-state index contributed by atoms with van der Waals surface area (Å²) in [6, 6.07) is 5.60. The van der Waals surface area contributed by atoms with Crippen molar-refractivity contribution in [3.63, 3.8) is 0 Å². The second-order valence-electron chi connectivity index (χ2n) is 7.48. The molecule has 1 aliphatic rings. The van der Waals surface area contributed by atoms with Gasteiger partial charge in [0.15, 0.2) is 0 Å². The zero-order valence-corrected chi connectivity index (χ0v) is 17.1. The van der Waals surface area contributed by atoms with E-state index in [1.807, 2.05) is 6.08 Å². The van der Waals surface area contributed by atoms with Crippen LogP contribution in [0, 0.1) is 17.7 Å². The largest absolute Gasteiger partial charge is 0.463 e. The highest BCUT2D eigenvalue weighted by molar-refractivity contribution is 5.86. The number of carbonyl (C=O) groups is 3. The van der Waals surface area contributed by atoms with Crippen LogP contribution in [0.5, 0.6) is 0 Å². The Morgan fingerprint density at radius 3 is 2.53 bits per heavy atom. The first-order valence-corrected chi connectivity index (χ1v) is 10.1. The predicted octanol–water partition coefficient (Wildman–Crippen LogP) is 1.50.